The first kappa shape index (κ1) is 14.5. The summed E-state index contributed by atoms with van der Waals surface area (Å²) in [6.45, 7) is 2.65. The molecule has 0 bridgehead atoms. The van der Waals surface area contributed by atoms with Crippen LogP contribution in [0.4, 0.5) is 5.69 Å². The van der Waals surface area contributed by atoms with E-state index in [-0.39, 0.29) is 5.91 Å². The van der Waals surface area contributed by atoms with Crippen molar-refractivity contribution < 1.29 is 4.79 Å². The van der Waals surface area contributed by atoms with Crippen LogP contribution in [0.2, 0.25) is 0 Å². The first-order valence-corrected chi connectivity index (χ1v) is 7.48. The van der Waals surface area contributed by atoms with Gasteiger partial charge in [-0.15, -0.1) is 0 Å². The highest BCUT2D eigenvalue weighted by atomic mass is 79.9. The number of nitrogens with two attached hydrogens (primary N) is 1. The second kappa shape index (κ2) is 6.01. The van der Waals surface area contributed by atoms with Gasteiger partial charge in [0, 0.05) is 6.54 Å². The standard InChI is InChI=1S/C14H20BrN3O/c1-10-4-6-14(9-16,7-5-10)13(19)18-11-2-3-12(15)17-8-11/h2-3,8,10H,4-7,9,16H2,1H3,(H,18,19). The van der Waals surface area contributed by atoms with Gasteiger partial charge in [0.2, 0.25) is 5.91 Å². The van der Waals surface area contributed by atoms with Crippen LogP contribution < -0.4 is 11.1 Å². The highest BCUT2D eigenvalue weighted by Gasteiger charge is 2.39. The van der Waals surface area contributed by atoms with Crippen molar-refractivity contribution in [3.8, 4) is 0 Å². The number of hydrogen-bond donors (Lipinski definition) is 2. The van der Waals surface area contributed by atoms with Crippen LogP contribution in [0.3, 0.4) is 0 Å². The molecule has 0 aromatic carbocycles. The SMILES string of the molecule is CC1CCC(CN)(C(=O)Nc2ccc(Br)nc2)CC1. The molecule has 19 heavy (non-hydrogen) atoms. The van der Waals surface area contributed by atoms with Crippen molar-refractivity contribution >= 4 is 27.5 Å². The van der Waals surface area contributed by atoms with E-state index in [1.165, 1.54) is 0 Å². The first-order valence-electron chi connectivity index (χ1n) is 6.69. The maximum atomic E-state index is 12.5. The van der Waals surface area contributed by atoms with Crippen LogP contribution in [0, 0.1) is 11.3 Å². The van der Waals surface area contributed by atoms with Crippen LogP contribution in [-0.4, -0.2) is 17.4 Å². The molecule has 104 valence electrons. The Labute approximate surface area is 122 Å². The lowest BCUT2D eigenvalue weighted by molar-refractivity contribution is -0.127. The number of hydrogen-bond acceptors (Lipinski definition) is 3. The van der Waals surface area contributed by atoms with Crippen molar-refractivity contribution in [2.24, 2.45) is 17.1 Å². The highest BCUT2D eigenvalue weighted by molar-refractivity contribution is 9.10. The summed E-state index contributed by atoms with van der Waals surface area (Å²) in [5, 5.41) is 2.94. The molecule has 1 aromatic rings. The van der Waals surface area contributed by atoms with Crippen molar-refractivity contribution in [1.82, 2.24) is 4.98 Å². The van der Waals surface area contributed by atoms with Gasteiger partial charge in [-0.2, -0.15) is 0 Å². The van der Waals surface area contributed by atoms with Crippen molar-refractivity contribution in [2.75, 3.05) is 11.9 Å². The van der Waals surface area contributed by atoms with E-state index in [9.17, 15) is 4.79 Å². The molecule has 2 rings (SSSR count). The number of halogens is 1. The maximum absolute atomic E-state index is 12.5. The van der Waals surface area contributed by atoms with Gasteiger partial charge in [0.05, 0.1) is 17.3 Å². The summed E-state index contributed by atoms with van der Waals surface area (Å²) in [4.78, 5) is 16.6. The monoisotopic (exact) mass is 325 g/mol. The summed E-state index contributed by atoms with van der Waals surface area (Å²) in [6.07, 6.45) is 5.55. The Morgan fingerprint density at radius 2 is 2.21 bits per heavy atom. The van der Waals surface area contributed by atoms with Crippen LogP contribution in [0.25, 0.3) is 0 Å². The van der Waals surface area contributed by atoms with Crippen molar-refractivity contribution in [3.05, 3.63) is 22.9 Å². The summed E-state index contributed by atoms with van der Waals surface area (Å²) in [5.41, 5.74) is 6.20. The van der Waals surface area contributed by atoms with Gasteiger partial charge >= 0.3 is 0 Å². The van der Waals surface area contributed by atoms with E-state index >= 15 is 0 Å². The van der Waals surface area contributed by atoms with Gasteiger partial charge in [-0.25, -0.2) is 4.98 Å². The Balaban J connectivity index is 2.06. The Morgan fingerprint density at radius 3 is 2.74 bits per heavy atom. The summed E-state index contributed by atoms with van der Waals surface area (Å²) in [5.74, 6) is 0.729. The lowest BCUT2D eigenvalue weighted by atomic mass is 9.70. The van der Waals surface area contributed by atoms with Crippen molar-refractivity contribution in [2.45, 2.75) is 32.6 Å². The summed E-state index contributed by atoms with van der Waals surface area (Å²) >= 11 is 3.28. The molecule has 0 saturated heterocycles. The average Bonchev–Trinajstić information content (AvgIpc) is 2.42. The Kier molecular flexibility index (Phi) is 4.58. The third-order valence-electron chi connectivity index (χ3n) is 4.09. The van der Waals surface area contributed by atoms with Gasteiger partial charge in [-0.05, 0) is 59.7 Å². The van der Waals surface area contributed by atoms with E-state index in [0.29, 0.717) is 12.5 Å². The van der Waals surface area contributed by atoms with Gasteiger partial charge in [0.1, 0.15) is 4.60 Å². The van der Waals surface area contributed by atoms with E-state index < -0.39 is 5.41 Å². The van der Waals surface area contributed by atoms with E-state index in [1.807, 2.05) is 12.1 Å². The smallest absolute Gasteiger partial charge is 0.231 e. The average molecular weight is 326 g/mol. The number of anilines is 1. The van der Waals surface area contributed by atoms with Gasteiger partial charge in [-0.3, -0.25) is 4.79 Å². The van der Waals surface area contributed by atoms with Crippen molar-refractivity contribution in [1.29, 1.82) is 0 Å². The van der Waals surface area contributed by atoms with Gasteiger partial charge < -0.3 is 11.1 Å². The molecule has 1 fully saturated rings. The third-order valence-corrected chi connectivity index (χ3v) is 4.56. The minimum atomic E-state index is -0.403. The molecular formula is C14H20BrN3O. The van der Waals surface area contributed by atoms with E-state index in [4.69, 9.17) is 5.73 Å². The molecule has 0 aliphatic heterocycles. The highest BCUT2D eigenvalue weighted by Crippen LogP contribution is 2.39. The van der Waals surface area contributed by atoms with Crippen LogP contribution in [0.15, 0.2) is 22.9 Å². The molecule has 0 radical (unpaired) electrons. The number of carbonyl (C=O) groups is 1. The second-order valence-electron chi connectivity index (χ2n) is 5.49. The molecule has 1 heterocycles. The lowest BCUT2D eigenvalue weighted by Crippen LogP contribution is -2.44. The van der Waals surface area contributed by atoms with Gasteiger partial charge in [0.25, 0.3) is 0 Å². The first-order chi connectivity index (χ1) is 9.05. The number of aromatic nitrogens is 1. The van der Waals surface area contributed by atoms with Crippen molar-refractivity contribution in [3.63, 3.8) is 0 Å². The molecule has 0 spiro atoms. The van der Waals surface area contributed by atoms with Gasteiger partial charge in [-0.1, -0.05) is 6.92 Å². The molecule has 3 N–H and O–H groups in total. The number of rotatable bonds is 3. The minimum absolute atomic E-state index is 0.0334. The number of nitrogens with zero attached hydrogens (tertiary/aromatic N) is 1. The van der Waals surface area contributed by atoms with Crippen LogP contribution >= 0.6 is 15.9 Å². The number of amides is 1. The molecular weight excluding hydrogens is 306 g/mol. The molecule has 1 amide bonds. The minimum Gasteiger partial charge on any atom is -0.329 e. The topological polar surface area (TPSA) is 68.0 Å². The zero-order valence-corrected chi connectivity index (χ0v) is 12.7. The second-order valence-corrected chi connectivity index (χ2v) is 6.30. The zero-order chi connectivity index (χ0) is 13.9. The largest absolute Gasteiger partial charge is 0.329 e. The lowest BCUT2D eigenvalue weighted by Gasteiger charge is -2.37. The number of nitrogens with one attached hydrogen (secondary N) is 1. The molecule has 1 aromatic heterocycles. The zero-order valence-electron chi connectivity index (χ0n) is 11.2. The van der Waals surface area contributed by atoms with Gasteiger partial charge in [0.15, 0.2) is 0 Å². The van der Waals surface area contributed by atoms with E-state index in [2.05, 4.69) is 33.2 Å². The summed E-state index contributed by atoms with van der Waals surface area (Å²) in [7, 11) is 0. The maximum Gasteiger partial charge on any atom is 0.231 e. The number of pyridine rings is 1. The molecule has 1 aliphatic rings. The summed E-state index contributed by atoms with van der Waals surface area (Å²) in [6, 6.07) is 3.65. The third kappa shape index (κ3) is 3.34. The molecule has 0 unspecified atom stereocenters. The predicted octanol–water partition coefficient (Wildman–Crippen LogP) is 2.94. The Bertz CT molecular complexity index is 439. The molecule has 1 saturated carbocycles. The molecule has 1 aliphatic carbocycles. The molecule has 4 nitrogen and oxygen atoms in total. The Hall–Kier alpha value is -0.940. The van der Waals surface area contributed by atoms with Crippen LogP contribution in [-0.2, 0) is 4.79 Å². The Morgan fingerprint density at radius 1 is 1.53 bits per heavy atom. The summed E-state index contributed by atoms with van der Waals surface area (Å²) < 4.78 is 0.755. The fraction of sp³-hybridized carbons (Fsp3) is 0.571. The predicted molar refractivity (Wildman–Crippen MR) is 79.7 cm³/mol. The normalized spacial score (nSPS) is 27.0. The molecule has 5 heteroatoms. The fourth-order valence-corrected chi connectivity index (χ4v) is 2.79. The quantitative estimate of drug-likeness (QED) is 0.839. The fourth-order valence-electron chi connectivity index (χ4n) is 2.55. The van der Waals surface area contributed by atoms with E-state index in [0.717, 1.165) is 36.0 Å². The number of carbonyl (C=O) groups excluding carboxylic acids is 1. The molecule has 0 atom stereocenters. The van der Waals surface area contributed by atoms with E-state index in [1.54, 1.807) is 6.20 Å². The van der Waals surface area contributed by atoms with Crippen LogP contribution in [0.1, 0.15) is 32.6 Å². The van der Waals surface area contributed by atoms with Crippen LogP contribution in [0.5, 0.6) is 0 Å².